The lowest BCUT2D eigenvalue weighted by molar-refractivity contribution is 0.240. The molecule has 3 saturated carbocycles. The predicted octanol–water partition coefficient (Wildman–Crippen LogP) is 2.10. The molecule has 0 aromatic rings. The smallest absolute Gasteiger partial charge is 0.0242 e. The lowest BCUT2D eigenvalue weighted by Gasteiger charge is -2.27. The van der Waals surface area contributed by atoms with Crippen LogP contribution in [0.5, 0.6) is 0 Å². The minimum Gasteiger partial charge on any atom is -0.312 e. The molecule has 0 aromatic carbocycles. The topological polar surface area (TPSA) is 15.3 Å². The standard InChI is InChI=1S/C14H26N2/c1-16(2)13(10-3-4-10)9-15-14(11-5-6-11)12-7-8-12/h10-15H,3-9H2,1-2H3/t13-/m0/s1. The summed E-state index contributed by atoms with van der Waals surface area (Å²) in [5, 5.41) is 3.90. The van der Waals surface area contributed by atoms with E-state index in [0.717, 1.165) is 29.8 Å². The summed E-state index contributed by atoms with van der Waals surface area (Å²) in [6.07, 6.45) is 8.88. The average Bonchev–Trinajstić information content (AvgIpc) is 3.13. The Morgan fingerprint density at radius 2 is 1.44 bits per heavy atom. The highest BCUT2D eigenvalue weighted by Gasteiger charge is 2.42. The lowest BCUT2D eigenvalue weighted by atomic mass is 10.1. The summed E-state index contributed by atoms with van der Waals surface area (Å²) < 4.78 is 0. The molecule has 2 nitrogen and oxygen atoms in total. The molecule has 1 atom stereocenters. The Labute approximate surface area is 99.8 Å². The van der Waals surface area contributed by atoms with E-state index < -0.39 is 0 Å². The van der Waals surface area contributed by atoms with Crippen LogP contribution in [0.25, 0.3) is 0 Å². The fraction of sp³-hybridized carbons (Fsp3) is 1.00. The second-order valence-electron chi connectivity index (χ2n) is 6.48. The number of rotatable bonds is 7. The predicted molar refractivity (Wildman–Crippen MR) is 67.4 cm³/mol. The van der Waals surface area contributed by atoms with Crippen molar-refractivity contribution in [2.24, 2.45) is 17.8 Å². The largest absolute Gasteiger partial charge is 0.312 e. The number of hydrogen-bond acceptors (Lipinski definition) is 2. The zero-order valence-electron chi connectivity index (χ0n) is 10.8. The maximum Gasteiger partial charge on any atom is 0.0242 e. The molecular weight excluding hydrogens is 196 g/mol. The molecule has 92 valence electrons. The molecule has 0 heterocycles. The maximum absolute atomic E-state index is 3.90. The van der Waals surface area contributed by atoms with E-state index in [9.17, 15) is 0 Å². The summed E-state index contributed by atoms with van der Waals surface area (Å²) in [7, 11) is 4.49. The molecule has 0 saturated heterocycles. The van der Waals surface area contributed by atoms with Gasteiger partial charge in [-0.1, -0.05) is 0 Å². The summed E-state index contributed by atoms with van der Waals surface area (Å²) >= 11 is 0. The van der Waals surface area contributed by atoms with Crippen molar-refractivity contribution in [1.29, 1.82) is 0 Å². The molecule has 2 heteroatoms. The molecule has 0 amide bonds. The van der Waals surface area contributed by atoms with Gasteiger partial charge in [-0.2, -0.15) is 0 Å². The third kappa shape index (κ3) is 2.60. The zero-order chi connectivity index (χ0) is 11.1. The Hall–Kier alpha value is -0.0800. The van der Waals surface area contributed by atoms with Crippen molar-refractivity contribution in [3.63, 3.8) is 0 Å². The number of hydrogen-bond donors (Lipinski definition) is 1. The lowest BCUT2D eigenvalue weighted by Crippen LogP contribution is -2.44. The van der Waals surface area contributed by atoms with E-state index in [1.807, 2.05) is 0 Å². The molecule has 0 spiro atoms. The molecule has 3 fully saturated rings. The molecule has 0 unspecified atom stereocenters. The highest BCUT2D eigenvalue weighted by Crippen LogP contribution is 2.44. The van der Waals surface area contributed by atoms with Gasteiger partial charge in [0.1, 0.15) is 0 Å². The van der Waals surface area contributed by atoms with E-state index in [2.05, 4.69) is 24.3 Å². The monoisotopic (exact) mass is 222 g/mol. The van der Waals surface area contributed by atoms with Crippen LogP contribution in [-0.4, -0.2) is 37.6 Å². The van der Waals surface area contributed by atoms with Gasteiger partial charge in [-0.05, 0) is 70.4 Å². The van der Waals surface area contributed by atoms with Crippen LogP contribution < -0.4 is 5.32 Å². The first-order valence-corrected chi connectivity index (χ1v) is 7.15. The summed E-state index contributed by atoms with van der Waals surface area (Å²) in [5.41, 5.74) is 0. The third-order valence-corrected chi connectivity index (χ3v) is 4.65. The van der Waals surface area contributed by atoms with E-state index in [-0.39, 0.29) is 0 Å². The van der Waals surface area contributed by atoms with E-state index in [4.69, 9.17) is 0 Å². The molecule has 16 heavy (non-hydrogen) atoms. The Morgan fingerprint density at radius 3 is 1.81 bits per heavy atom. The molecule has 3 rings (SSSR count). The molecule has 1 N–H and O–H groups in total. The van der Waals surface area contributed by atoms with Crippen molar-refractivity contribution in [3.05, 3.63) is 0 Å². The van der Waals surface area contributed by atoms with Gasteiger partial charge < -0.3 is 10.2 Å². The molecule has 3 aliphatic carbocycles. The van der Waals surface area contributed by atoms with Gasteiger partial charge in [0.25, 0.3) is 0 Å². The normalized spacial score (nSPS) is 27.8. The van der Waals surface area contributed by atoms with Gasteiger partial charge >= 0.3 is 0 Å². The summed E-state index contributed by atoms with van der Waals surface area (Å²) in [6.45, 7) is 1.23. The van der Waals surface area contributed by atoms with Crippen molar-refractivity contribution in [2.45, 2.75) is 50.6 Å². The first-order valence-electron chi connectivity index (χ1n) is 7.15. The Balaban J connectivity index is 1.48. The van der Waals surface area contributed by atoms with Crippen LogP contribution in [0.2, 0.25) is 0 Å². The van der Waals surface area contributed by atoms with E-state index in [1.54, 1.807) is 0 Å². The average molecular weight is 222 g/mol. The van der Waals surface area contributed by atoms with Gasteiger partial charge in [0.15, 0.2) is 0 Å². The molecule has 0 radical (unpaired) electrons. The Morgan fingerprint density at radius 1 is 0.938 bits per heavy atom. The van der Waals surface area contributed by atoms with Crippen LogP contribution in [-0.2, 0) is 0 Å². The van der Waals surface area contributed by atoms with Crippen LogP contribution in [0, 0.1) is 17.8 Å². The second kappa shape index (κ2) is 4.30. The molecule has 0 aromatic heterocycles. The number of likely N-dealkylation sites (N-methyl/N-ethyl adjacent to an activating group) is 1. The van der Waals surface area contributed by atoms with Crippen LogP contribution in [0.1, 0.15) is 38.5 Å². The van der Waals surface area contributed by atoms with Crippen molar-refractivity contribution >= 4 is 0 Å². The number of nitrogens with one attached hydrogen (secondary N) is 1. The van der Waals surface area contributed by atoms with Crippen molar-refractivity contribution in [2.75, 3.05) is 20.6 Å². The maximum atomic E-state index is 3.90. The first kappa shape index (κ1) is 11.0. The molecular formula is C14H26N2. The molecule has 3 aliphatic rings. The minimum atomic E-state index is 0.792. The first-order chi connectivity index (χ1) is 7.75. The fourth-order valence-corrected chi connectivity index (χ4v) is 3.14. The van der Waals surface area contributed by atoms with Gasteiger partial charge in [-0.25, -0.2) is 0 Å². The van der Waals surface area contributed by atoms with Gasteiger partial charge in [0.05, 0.1) is 0 Å². The van der Waals surface area contributed by atoms with E-state index in [0.29, 0.717) is 0 Å². The number of nitrogens with zero attached hydrogens (tertiary/aromatic N) is 1. The summed E-state index contributed by atoms with van der Waals surface area (Å²) in [5.74, 6) is 3.06. The van der Waals surface area contributed by atoms with Crippen molar-refractivity contribution in [3.8, 4) is 0 Å². The summed E-state index contributed by atoms with van der Waals surface area (Å²) in [4.78, 5) is 2.43. The van der Waals surface area contributed by atoms with Gasteiger partial charge in [0, 0.05) is 18.6 Å². The van der Waals surface area contributed by atoms with Crippen LogP contribution in [0.15, 0.2) is 0 Å². The van der Waals surface area contributed by atoms with Crippen LogP contribution in [0.3, 0.4) is 0 Å². The molecule has 0 aliphatic heterocycles. The van der Waals surface area contributed by atoms with Gasteiger partial charge in [-0.15, -0.1) is 0 Å². The van der Waals surface area contributed by atoms with Crippen LogP contribution >= 0.6 is 0 Å². The van der Waals surface area contributed by atoms with E-state index in [1.165, 1.54) is 45.1 Å². The Bertz CT molecular complexity index is 203. The van der Waals surface area contributed by atoms with E-state index >= 15 is 0 Å². The highest BCUT2D eigenvalue weighted by molar-refractivity contribution is 4.98. The van der Waals surface area contributed by atoms with Crippen LogP contribution in [0.4, 0.5) is 0 Å². The minimum absolute atomic E-state index is 0.792. The molecule has 0 bridgehead atoms. The van der Waals surface area contributed by atoms with Gasteiger partial charge in [0.2, 0.25) is 0 Å². The SMILES string of the molecule is CN(C)[C@@H](CNC(C1CC1)C1CC1)C1CC1. The summed E-state index contributed by atoms with van der Waals surface area (Å²) in [6, 6.07) is 1.67. The van der Waals surface area contributed by atoms with Crippen molar-refractivity contribution < 1.29 is 0 Å². The highest BCUT2D eigenvalue weighted by atomic mass is 15.1. The Kier molecular flexibility index (Phi) is 2.97. The second-order valence-corrected chi connectivity index (χ2v) is 6.48. The van der Waals surface area contributed by atoms with Crippen molar-refractivity contribution in [1.82, 2.24) is 10.2 Å². The third-order valence-electron chi connectivity index (χ3n) is 4.65. The zero-order valence-corrected chi connectivity index (χ0v) is 10.8. The quantitative estimate of drug-likeness (QED) is 0.710. The fourth-order valence-electron chi connectivity index (χ4n) is 3.14. The van der Waals surface area contributed by atoms with Gasteiger partial charge in [-0.3, -0.25) is 0 Å².